The Bertz CT molecular complexity index is 1050. The van der Waals surface area contributed by atoms with E-state index in [-0.39, 0.29) is 22.0 Å². The quantitative estimate of drug-likeness (QED) is 0.751. The summed E-state index contributed by atoms with van der Waals surface area (Å²) in [5, 5.41) is 2.87. The summed E-state index contributed by atoms with van der Waals surface area (Å²) in [7, 11) is -2.23. The van der Waals surface area contributed by atoms with Crippen molar-refractivity contribution in [3.8, 4) is 5.75 Å². The van der Waals surface area contributed by atoms with Crippen molar-refractivity contribution < 1.29 is 22.7 Å². The van der Waals surface area contributed by atoms with E-state index in [9.17, 15) is 18.0 Å². The fourth-order valence-corrected chi connectivity index (χ4v) is 5.28. The largest absolute Gasteiger partial charge is 0.496 e. The number of nitrogens with one attached hydrogen (secondary N) is 1. The Labute approximate surface area is 174 Å². The van der Waals surface area contributed by atoms with Gasteiger partial charge in [-0.1, -0.05) is 36.7 Å². The van der Waals surface area contributed by atoms with Crippen molar-refractivity contribution in [3.05, 3.63) is 58.6 Å². The molecule has 2 aromatic rings. The van der Waals surface area contributed by atoms with Crippen LogP contribution in [-0.4, -0.2) is 39.6 Å². The van der Waals surface area contributed by atoms with Gasteiger partial charge in [-0.2, -0.15) is 0 Å². The molecule has 154 valence electrons. The molecule has 1 saturated heterocycles. The molecule has 1 unspecified atom stereocenters. The lowest BCUT2D eigenvalue weighted by molar-refractivity contribution is -0.119. The number of carbonyl (C=O) groups excluding carboxylic acids is 2. The number of rotatable bonds is 6. The predicted octanol–water partition coefficient (Wildman–Crippen LogP) is 2.63. The molecular weight excluding hydrogens is 416 g/mol. The smallest absolute Gasteiger partial charge is 0.251 e. The number of sulfonamides is 1. The van der Waals surface area contributed by atoms with E-state index in [1.54, 1.807) is 14.0 Å². The summed E-state index contributed by atoms with van der Waals surface area (Å²) >= 11 is 6.14. The summed E-state index contributed by atoms with van der Waals surface area (Å²) in [5.41, 5.74) is 1.17. The molecule has 2 aromatic carbocycles. The van der Waals surface area contributed by atoms with Crippen LogP contribution in [0, 0.1) is 5.92 Å². The molecule has 7 nitrogen and oxygen atoms in total. The molecule has 0 bridgehead atoms. The SMILES string of the molecule is COc1ccccc1CCNC(=O)c1ccc(Cl)c(N2C(=O)C(C)CS2(=O)=O)c1. The minimum atomic E-state index is -3.81. The van der Waals surface area contributed by atoms with Crippen LogP contribution < -0.4 is 14.4 Å². The lowest BCUT2D eigenvalue weighted by atomic mass is 10.1. The zero-order valence-electron chi connectivity index (χ0n) is 16.0. The third-order valence-corrected chi connectivity index (χ3v) is 6.83. The Morgan fingerprint density at radius 3 is 2.66 bits per heavy atom. The van der Waals surface area contributed by atoms with Crippen LogP contribution in [0.4, 0.5) is 5.69 Å². The van der Waals surface area contributed by atoms with Crippen molar-refractivity contribution in [2.75, 3.05) is 23.7 Å². The molecule has 0 saturated carbocycles. The number of amides is 2. The highest BCUT2D eigenvalue weighted by Gasteiger charge is 2.43. The molecule has 1 atom stereocenters. The Hall–Kier alpha value is -2.58. The van der Waals surface area contributed by atoms with E-state index in [4.69, 9.17) is 16.3 Å². The molecule has 1 heterocycles. The first kappa shape index (κ1) is 21.1. The van der Waals surface area contributed by atoms with Crippen molar-refractivity contribution in [1.29, 1.82) is 0 Å². The molecule has 0 spiro atoms. The summed E-state index contributed by atoms with van der Waals surface area (Å²) in [6, 6.07) is 11.7. The molecule has 1 N–H and O–H groups in total. The first-order valence-corrected chi connectivity index (χ1v) is 11.0. The van der Waals surface area contributed by atoms with Gasteiger partial charge in [-0.25, -0.2) is 12.7 Å². The highest BCUT2D eigenvalue weighted by atomic mass is 35.5. The van der Waals surface area contributed by atoms with Crippen molar-refractivity contribution >= 4 is 39.1 Å². The normalized spacial score (nSPS) is 18.0. The number of halogens is 1. The molecule has 1 fully saturated rings. The van der Waals surface area contributed by atoms with Gasteiger partial charge in [0, 0.05) is 12.1 Å². The lowest BCUT2D eigenvalue weighted by Crippen LogP contribution is -2.31. The summed E-state index contributed by atoms with van der Waals surface area (Å²) < 4.78 is 30.7. The van der Waals surface area contributed by atoms with Crippen LogP contribution in [0.1, 0.15) is 22.8 Å². The number of ether oxygens (including phenoxy) is 1. The van der Waals surface area contributed by atoms with E-state index in [2.05, 4.69) is 5.32 Å². The number of carbonyl (C=O) groups is 2. The number of methoxy groups -OCH3 is 1. The van der Waals surface area contributed by atoms with Crippen LogP contribution in [-0.2, 0) is 21.2 Å². The van der Waals surface area contributed by atoms with Crippen molar-refractivity contribution in [2.45, 2.75) is 13.3 Å². The fourth-order valence-electron chi connectivity index (χ4n) is 3.20. The topological polar surface area (TPSA) is 92.8 Å². The molecule has 0 aliphatic carbocycles. The molecule has 0 radical (unpaired) electrons. The molecule has 3 rings (SSSR count). The number of benzene rings is 2. The van der Waals surface area contributed by atoms with E-state index >= 15 is 0 Å². The van der Waals surface area contributed by atoms with Gasteiger partial charge >= 0.3 is 0 Å². The van der Waals surface area contributed by atoms with E-state index in [0.29, 0.717) is 17.3 Å². The van der Waals surface area contributed by atoms with Gasteiger partial charge in [0.1, 0.15) is 5.75 Å². The van der Waals surface area contributed by atoms with Gasteiger partial charge in [0.05, 0.1) is 29.5 Å². The maximum Gasteiger partial charge on any atom is 0.251 e. The summed E-state index contributed by atoms with van der Waals surface area (Å²) in [4.78, 5) is 24.9. The highest BCUT2D eigenvalue weighted by Crippen LogP contribution is 2.34. The maximum absolute atomic E-state index is 12.5. The zero-order chi connectivity index (χ0) is 21.2. The third-order valence-electron chi connectivity index (χ3n) is 4.66. The van der Waals surface area contributed by atoms with E-state index in [0.717, 1.165) is 11.3 Å². The van der Waals surface area contributed by atoms with Gasteiger partial charge in [-0.3, -0.25) is 9.59 Å². The molecule has 1 aliphatic rings. The number of anilines is 1. The minimum Gasteiger partial charge on any atom is -0.496 e. The van der Waals surface area contributed by atoms with Gasteiger partial charge in [0.15, 0.2) is 0 Å². The number of hydrogen-bond acceptors (Lipinski definition) is 5. The van der Waals surface area contributed by atoms with Crippen LogP contribution >= 0.6 is 11.6 Å². The second-order valence-corrected chi connectivity index (χ2v) is 9.04. The van der Waals surface area contributed by atoms with E-state index in [1.165, 1.54) is 18.2 Å². The second kappa shape index (κ2) is 8.42. The maximum atomic E-state index is 12.5. The predicted molar refractivity (Wildman–Crippen MR) is 111 cm³/mol. The first-order chi connectivity index (χ1) is 13.7. The molecular formula is C20H21ClN2O5S. The van der Waals surface area contributed by atoms with Gasteiger partial charge in [0.25, 0.3) is 5.91 Å². The van der Waals surface area contributed by atoms with Crippen LogP contribution in [0.15, 0.2) is 42.5 Å². The fraction of sp³-hybridized carbons (Fsp3) is 0.300. The zero-order valence-corrected chi connectivity index (χ0v) is 17.6. The van der Waals surface area contributed by atoms with Crippen molar-refractivity contribution in [2.24, 2.45) is 5.92 Å². The average molecular weight is 437 g/mol. The van der Waals surface area contributed by atoms with Gasteiger partial charge in [-0.05, 0) is 36.2 Å². The third kappa shape index (κ3) is 4.38. The minimum absolute atomic E-state index is 0.00149. The molecule has 29 heavy (non-hydrogen) atoms. The summed E-state index contributed by atoms with van der Waals surface area (Å²) in [6.07, 6.45) is 0.562. The lowest BCUT2D eigenvalue weighted by Gasteiger charge is -2.18. The van der Waals surface area contributed by atoms with E-state index in [1.807, 2.05) is 24.3 Å². The summed E-state index contributed by atoms with van der Waals surface area (Å²) in [5.74, 6) is -1.15. The first-order valence-electron chi connectivity index (χ1n) is 9.01. The number of para-hydroxylation sites is 1. The Morgan fingerprint density at radius 1 is 1.28 bits per heavy atom. The number of hydrogen-bond donors (Lipinski definition) is 1. The van der Waals surface area contributed by atoms with Gasteiger partial charge in [-0.15, -0.1) is 0 Å². The van der Waals surface area contributed by atoms with E-state index < -0.39 is 27.8 Å². The standard InChI is InChI=1S/C20H21ClN2O5S/c1-13-12-29(26,27)23(20(13)25)17-11-15(7-8-16(17)21)19(24)22-10-9-14-5-3-4-6-18(14)28-2/h3-8,11,13H,9-10,12H2,1-2H3,(H,22,24). The molecule has 0 aromatic heterocycles. The van der Waals surface area contributed by atoms with Crippen LogP contribution in [0.5, 0.6) is 5.75 Å². The van der Waals surface area contributed by atoms with Crippen LogP contribution in [0.3, 0.4) is 0 Å². The number of nitrogens with zero attached hydrogens (tertiary/aromatic N) is 1. The molecule has 2 amide bonds. The second-order valence-electron chi connectivity index (χ2n) is 6.77. The van der Waals surface area contributed by atoms with Crippen molar-refractivity contribution in [3.63, 3.8) is 0 Å². The Balaban J connectivity index is 1.75. The van der Waals surface area contributed by atoms with Crippen LogP contribution in [0.25, 0.3) is 0 Å². The monoisotopic (exact) mass is 436 g/mol. The van der Waals surface area contributed by atoms with Gasteiger partial charge in [0.2, 0.25) is 15.9 Å². The Morgan fingerprint density at radius 2 is 2.00 bits per heavy atom. The average Bonchev–Trinajstić information content (AvgIpc) is 2.89. The molecule has 9 heteroatoms. The van der Waals surface area contributed by atoms with Gasteiger partial charge < -0.3 is 10.1 Å². The Kier molecular flexibility index (Phi) is 6.14. The highest BCUT2D eigenvalue weighted by molar-refractivity contribution is 7.94. The molecule has 1 aliphatic heterocycles. The van der Waals surface area contributed by atoms with Crippen molar-refractivity contribution in [1.82, 2.24) is 5.32 Å². The summed E-state index contributed by atoms with van der Waals surface area (Å²) in [6.45, 7) is 1.90. The van der Waals surface area contributed by atoms with Crippen LogP contribution in [0.2, 0.25) is 5.02 Å².